The van der Waals surface area contributed by atoms with Gasteiger partial charge in [-0.15, -0.1) is 0 Å². The summed E-state index contributed by atoms with van der Waals surface area (Å²) >= 11 is 0. The number of carbonyl (C=O) groups is 4. The van der Waals surface area contributed by atoms with Crippen LogP contribution in [-0.4, -0.2) is 57.5 Å². The van der Waals surface area contributed by atoms with Crippen LogP contribution < -0.4 is 25.5 Å². The molecule has 1 aliphatic heterocycles. The maximum atomic E-state index is 12.4. The normalized spacial score (nSPS) is 14.5. The Kier molecular flexibility index (Phi) is 9.78. The van der Waals surface area contributed by atoms with Crippen LogP contribution in [0.4, 0.5) is 4.79 Å². The molecule has 0 radical (unpaired) electrons. The average molecular weight is 591 g/mol. The molecular formula is C30H30N4O9. The van der Waals surface area contributed by atoms with E-state index in [0.29, 0.717) is 33.9 Å². The molecular weight excluding hydrogens is 560 g/mol. The van der Waals surface area contributed by atoms with Crippen molar-refractivity contribution in [2.75, 3.05) is 27.4 Å². The Morgan fingerprint density at radius 3 is 2.58 bits per heavy atom. The zero-order chi connectivity index (χ0) is 30.9. The Hall–Kier alpha value is -5.59. The highest BCUT2D eigenvalue weighted by Gasteiger charge is 2.32. The van der Waals surface area contributed by atoms with Crippen LogP contribution >= 0.6 is 0 Å². The van der Waals surface area contributed by atoms with Crippen LogP contribution in [0.15, 0.2) is 75.4 Å². The summed E-state index contributed by atoms with van der Waals surface area (Å²) in [4.78, 5) is 49.1. The number of hydrogen-bond donors (Lipinski definition) is 3. The molecule has 3 N–H and O–H groups in total. The monoisotopic (exact) mass is 590 g/mol. The van der Waals surface area contributed by atoms with Crippen molar-refractivity contribution in [2.45, 2.75) is 19.9 Å². The number of rotatable bonds is 11. The minimum absolute atomic E-state index is 0.238. The summed E-state index contributed by atoms with van der Waals surface area (Å²) in [5.41, 5.74) is 4.42. The summed E-state index contributed by atoms with van der Waals surface area (Å²) in [6.07, 6.45) is 1.31. The van der Waals surface area contributed by atoms with E-state index in [1.54, 1.807) is 68.4 Å². The Balaban J connectivity index is 1.38. The van der Waals surface area contributed by atoms with Crippen molar-refractivity contribution in [3.05, 3.63) is 82.8 Å². The minimum atomic E-state index is -0.789. The summed E-state index contributed by atoms with van der Waals surface area (Å²) in [7, 11) is 2.67. The molecule has 3 aromatic rings. The Morgan fingerprint density at radius 2 is 1.84 bits per heavy atom. The number of hydrazone groups is 1. The molecule has 3 amide bonds. The van der Waals surface area contributed by atoms with Gasteiger partial charge in [-0.2, -0.15) is 5.10 Å². The maximum Gasteiger partial charge on any atom is 0.338 e. The van der Waals surface area contributed by atoms with Gasteiger partial charge in [0, 0.05) is 11.3 Å². The third kappa shape index (κ3) is 7.19. The van der Waals surface area contributed by atoms with Crippen molar-refractivity contribution in [3.63, 3.8) is 0 Å². The molecule has 0 unspecified atom stereocenters. The van der Waals surface area contributed by atoms with Crippen LogP contribution in [0.1, 0.15) is 41.6 Å². The van der Waals surface area contributed by atoms with E-state index in [9.17, 15) is 19.2 Å². The molecule has 1 aromatic heterocycles. The number of amides is 3. The van der Waals surface area contributed by atoms with E-state index >= 15 is 0 Å². The summed E-state index contributed by atoms with van der Waals surface area (Å²) in [6, 6.07) is 13.7. The second-order valence-corrected chi connectivity index (χ2v) is 9.02. The Labute approximate surface area is 246 Å². The molecule has 0 saturated heterocycles. The van der Waals surface area contributed by atoms with E-state index in [1.807, 2.05) is 0 Å². The van der Waals surface area contributed by atoms with Gasteiger partial charge in [0.1, 0.15) is 11.5 Å². The molecule has 224 valence electrons. The van der Waals surface area contributed by atoms with Crippen LogP contribution in [0.25, 0.3) is 11.3 Å². The lowest BCUT2D eigenvalue weighted by molar-refractivity contribution is -0.136. The Bertz CT molecular complexity index is 1590. The van der Waals surface area contributed by atoms with Gasteiger partial charge in [-0.25, -0.2) is 19.8 Å². The first-order valence-corrected chi connectivity index (χ1v) is 13.1. The average Bonchev–Trinajstić information content (AvgIpc) is 3.48. The number of allylic oxidation sites excluding steroid dienone is 1. The van der Waals surface area contributed by atoms with Crippen molar-refractivity contribution in [3.8, 4) is 22.8 Å². The topological polar surface area (TPSA) is 167 Å². The number of nitrogens with zero attached hydrogens (tertiary/aromatic N) is 1. The number of methoxy groups -OCH3 is 2. The second kappa shape index (κ2) is 13.9. The van der Waals surface area contributed by atoms with E-state index < -0.39 is 29.9 Å². The molecule has 0 fully saturated rings. The van der Waals surface area contributed by atoms with Gasteiger partial charge < -0.3 is 34.0 Å². The lowest BCUT2D eigenvalue weighted by Gasteiger charge is -2.28. The van der Waals surface area contributed by atoms with Gasteiger partial charge in [-0.05, 0) is 49.7 Å². The van der Waals surface area contributed by atoms with Gasteiger partial charge in [-0.3, -0.25) is 4.79 Å². The van der Waals surface area contributed by atoms with Crippen LogP contribution in [0.3, 0.4) is 0 Å². The molecule has 0 aliphatic carbocycles. The van der Waals surface area contributed by atoms with Gasteiger partial charge in [0.2, 0.25) is 0 Å². The molecule has 0 spiro atoms. The van der Waals surface area contributed by atoms with Crippen molar-refractivity contribution in [2.24, 2.45) is 5.10 Å². The highest BCUT2D eigenvalue weighted by molar-refractivity contribution is 5.97. The summed E-state index contributed by atoms with van der Waals surface area (Å²) < 4.78 is 26.8. The van der Waals surface area contributed by atoms with Crippen LogP contribution in [0.2, 0.25) is 0 Å². The van der Waals surface area contributed by atoms with Gasteiger partial charge in [0.15, 0.2) is 18.1 Å². The van der Waals surface area contributed by atoms with E-state index in [1.165, 1.54) is 20.4 Å². The predicted octanol–water partition coefficient (Wildman–Crippen LogP) is 3.46. The largest absolute Gasteiger partial charge is 0.493 e. The fourth-order valence-electron chi connectivity index (χ4n) is 4.30. The quantitative estimate of drug-likeness (QED) is 0.172. The first kappa shape index (κ1) is 30.4. The smallest absolute Gasteiger partial charge is 0.338 e. The van der Waals surface area contributed by atoms with Crippen molar-refractivity contribution in [1.82, 2.24) is 16.1 Å². The highest BCUT2D eigenvalue weighted by atomic mass is 16.5. The van der Waals surface area contributed by atoms with E-state index in [-0.39, 0.29) is 30.3 Å². The second-order valence-electron chi connectivity index (χ2n) is 9.02. The molecule has 0 saturated carbocycles. The number of esters is 2. The molecule has 43 heavy (non-hydrogen) atoms. The molecule has 13 heteroatoms. The molecule has 0 bridgehead atoms. The maximum absolute atomic E-state index is 12.4. The zero-order valence-corrected chi connectivity index (χ0v) is 23.9. The molecule has 1 aliphatic rings. The standard InChI is InChI=1S/C30H30N4O9/c1-5-41-28(36)21-9-7-6-8-20(21)22-13-11-19(43-22)15-31-34-25(35)16-42-23-12-10-18(14-24(23)39-3)27-26(29(37)40-4)17(2)32-30(38)33-27/h6-15,27H,5,16H2,1-4H3,(H,34,35)(H2,32,33,38)/b31-15-/t27-/m0/s1. The van der Waals surface area contributed by atoms with Crippen LogP contribution in [0, 0.1) is 0 Å². The molecule has 13 nitrogen and oxygen atoms in total. The van der Waals surface area contributed by atoms with Gasteiger partial charge in [-0.1, -0.05) is 24.3 Å². The molecule has 2 heterocycles. The Morgan fingerprint density at radius 1 is 1.05 bits per heavy atom. The van der Waals surface area contributed by atoms with Crippen molar-refractivity contribution < 1.29 is 42.5 Å². The van der Waals surface area contributed by atoms with E-state index in [2.05, 4.69) is 21.2 Å². The predicted molar refractivity (Wildman–Crippen MR) is 153 cm³/mol. The molecule has 4 rings (SSSR count). The van der Waals surface area contributed by atoms with E-state index in [0.717, 1.165) is 0 Å². The van der Waals surface area contributed by atoms with E-state index in [4.69, 9.17) is 23.4 Å². The van der Waals surface area contributed by atoms with Crippen LogP contribution in [-0.2, 0) is 19.1 Å². The summed E-state index contributed by atoms with van der Waals surface area (Å²) in [5, 5.41) is 9.15. The number of furan rings is 1. The third-order valence-corrected chi connectivity index (χ3v) is 6.25. The van der Waals surface area contributed by atoms with Crippen molar-refractivity contribution >= 4 is 30.1 Å². The van der Waals surface area contributed by atoms with Gasteiger partial charge in [0.25, 0.3) is 5.91 Å². The highest BCUT2D eigenvalue weighted by Crippen LogP contribution is 2.34. The summed E-state index contributed by atoms with van der Waals surface area (Å²) in [5.74, 6) is -0.315. The number of ether oxygens (including phenoxy) is 4. The molecule has 2 aromatic carbocycles. The first-order chi connectivity index (χ1) is 20.7. The van der Waals surface area contributed by atoms with Gasteiger partial charge >= 0.3 is 18.0 Å². The molecule has 1 atom stereocenters. The summed E-state index contributed by atoms with van der Waals surface area (Å²) in [6.45, 7) is 3.19. The number of urea groups is 1. The SMILES string of the molecule is CCOC(=O)c1ccccc1-c1ccc(/C=N\NC(=O)COc2ccc([C@@H]3NC(=O)NC(C)=C3C(=O)OC)cc2OC)o1. The number of nitrogens with one attached hydrogen (secondary N) is 3. The fourth-order valence-corrected chi connectivity index (χ4v) is 4.30. The minimum Gasteiger partial charge on any atom is -0.493 e. The number of carbonyl (C=O) groups excluding carboxylic acids is 4. The third-order valence-electron chi connectivity index (χ3n) is 6.25. The lowest BCUT2D eigenvalue weighted by atomic mass is 9.95. The fraction of sp³-hybridized carbons (Fsp3) is 0.233. The van der Waals surface area contributed by atoms with Crippen molar-refractivity contribution in [1.29, 1.82) is 0 Å². The zero-order valence-electron chi connectivity index (χ0n) is 23.9. The van der Waals surface area contributed by atoms with Gasteiger partial charge in [0.05, 0.1) is 44.2 Å². The number of benzene rings is 2. The number of hydrogen-bond acceptors (Lipinski definition) is 10. The lowest BCUT2D eigenvalue weighted by Crippen LogP contribution is -2.45. The first-order valence-electron chi connectivity index (χ1n) is 13.1. The van der Waals surface area contributed by atoms with Crippen LogP contribution in [0.5, 0.6) is 11.5 Å².